The Labute approximate surface area is 596 Å². The van der Waals surface area contributed by atoms with Gasteiger partial charge in [-0.25, -0.2) is 48.4 Å². The van der Waals surface area contributed by atoms with Gasteiger partial charge in [-0.1, -0.05) is 31.7 Å². The van der Waals surface area contributed by atoms with Gasteiger partial charge in [-0.15, -0.1) is 13.2 Å². The Balaban J connectivity index is 0.000000411. The maximum absolute atomic E-state index is 14.5. The summed E-state index contributed by atoms with van der Waals surface area (Å²) in [5, 5.41) is 0. The number of halogens is 27. The van der Waals surface area contributed by atoms with Gasteiger partial charge >= 0.3 is 56.1 Å². The van der Waals surface area contributed by atoms with Crippen molar-refractivity contribution in [1.29, 1.82) is 0 Å². The molecule has 0 bridgehead atoms. The maximum Gasteiger partial charge on any atom is 0.461 e. The van der Waals surface area contributed by atoms with E-state index >= 15 is 0 Å². The van der Waals surface area contributed by atoms with E-state index in [4.69, 9.17) is 0 Å². The average Bonchev–Trinajstić information content (AvgIpc) is 0.764. The van der Waals surface area contributed by atoms with Crippen LogP contribution in [-0.2, 0) is 62.6 Å². The van der Waals surface area contributed by atoms with E-state index in [-0.39, 0.29) is 18.6 Å². The van der Waals surface area contributed by atoms with Crippen LogP contribution < -0.4 is 23.7 Å². The Morgan fingerprint density at radius 3 is 1.00 bits per heavy atom. The molecule has 0 radical (unpaired) electrons. The van der Waals surface area contributed by atoms with E-state index in [0.717, 1.165) is 30.4 Å². The summed E-state index contributed by atoms with van der Waals surface area (Å²) >= 11 is 0. The van der Waals surface area contributed by atoms with Crippen LogP contribution in [-0.4, -0.2) is 70.2 Å². The zero-order valence-corrected chi connectivity index (χ0v) is 57.9. The number of ether oxygens (including phenoxy) is 3. The lowest BCUT2D eigenvalue weighted by Crippen LogP contribution is -2.49. The summed E-state index contributed by atoms with van der Waals surface area (Å²) in [6, 6.07) is 10.2. The molecular formula is C67H64F27N3O6S3. The second-order valence-electron chi connectivity index (χ2n) is 25.1. The highest BCUT2D eigenvalue weighted by atomic mass is 32.2. The van der Waals surface area contributed by atoms with Crippen LogP contribution in [0.15, 0.2) is 139 Å². The van der Waals surface area contributed by atoms with Crippen LogP contribution >= 0.6 is 0 Å². The highest BCUT2D eigenvalue weighted by molar-refractivity contribution is 7.85. The quantitative estimate of drug-likeness (QED) is 0.0354. The first kappa shape index (κ1) is 92.6. The van der Waals surface area contributed by atoms with Crippen molar-refractivity contribution in [2.24, 2.45) is 4.40 Å². The summed E-state index contributed by atoms with van der Waals surface area (Å²) in [5.74, 6) is -12.0. The van der Waals surface area contributed by atoms with Gasteiger partial charge in [0.1, 0.15) is 63.1 Å². The normalized spacial score (nSPS) is 15.0. The molecular weight excluding hydrogens is 1550 g/mol. The van der Waals surface area contributed by atoms with Crippen LogP contribution in [0.3, 0.4) is 0 Å². The minimum atomic E-state index is -5.15. The highest BCUT2D eigenvalue weighted by Gasteiger charge is 2.49. The van der Waals surface area contributed by atoms with Gasteiger partial charge in [0, 0.05) is 29.3 Å². The number of rotatable bonds is 24. The number of hydrogen-bond acceptors (Lipinski definition) is 6. The van der Waals surface area contributed by atoms with Crippen molar-refractivity contribution in [3.63, 3.8) is 0 Å². The van der Waals surface area contributed by atoms with Crippen LogP contribution in [0.25, 0.3) is 0 Å². The van der Waals surface area contributed by atoms with E-state index in [9.17, 15) is 131 Å². The molecule has 106 heavy (non-hydrogen) atoms. The molecule has 6 rings (SSSR count). The van der Waals surface area contributed by atoms with Crippen molar-refractivity contribution in [1.82, 2.24) is 9.44 Å². The zero-order chi connectivity index (χ0) is 80.7. The smallest absolute Gasteiger partial charge is 0.428 e. The minimum absolute atomic E-state index is 0. The van der Waals surface area contributed by atoms with E-state index in [1.165, 1.54) is 62.3 Å². The van der Waals surface area contributed by atoms with Gasteiger partial charge in [-0.05, 0) is 176 Å². The molecule has 6 aromatic rings. The van der Waals surface area contributed by atoms with Crippen molar-refractivity contribution >= 4 is 38.7 Å². The second kappa shape index (κ2) is 34.7. The van der Waals surface area contributed by atoms with Crippen LogP contribution in [0, 0.1) is 34.9 Å². The molecule has 0 unspecified atom stereocenters. The lowest BCUT2D eigenvalue weighted by molar-refractivity contribution is -0.253. The Morgan fingerprint density at radius 1 is 0.406 bits per heavy atom. The Kier molecular flexibility index (Phi) is 30.3. The summed E-state index contributed by atoms with van der Waals surface area (Å²) < 4.78 is 418. The molecule has 0 fully saturated rings. The van der Waals surface area contributed by atoms with Crippen molar-refractivity contribution in [3.05, 3.63) is 219 Å². The highest BCUT2D eigenvalue weighted by Crippen LogP contribution is 2.45. The van der Waals surface area contributed by atoms with Gasteiger partial charge in [0.05, 0.1) is 69.7 Å². The van der Waals surface area contributed by atoms with Gasteiger partial charge in [-0.2, -0.15) is 96.6 Å². The fourth-order valence-corrected chi connectivity index (χ4v) is 11.2. The SMILES string of the molecule is C.C=CC[C@@](N[S@](=O)C(C)(C)C)(c1cc(F)cc(OC(F)(F)C(F)F)c1)c1ccc(F)c(C(F)(F)F)c1.C=CC[C@](N[S@](=O)C(C)(C)C)(c1cc(F)cc(OC(F)(F)C(F)F)c1)c1ccc(F)c(C(F)(F)F)c1.CC(C)(C)[S@@](=O)N=C(c1cc(F)cc(OC(F)(F)C(F)F)c1)c1ccc(F)c(C(F)(F)F)c1. The van der Waals surface area contributed by atoms with E-state index in [1.54, 1.807) is 0 Å². The predicted molar refractivity (Wildman–Crippen MR) is 342 cm³/mol. The fourth-order valence-electron chi connectivity index (χ4n) is 8.68. The monoisotopic (exact) mass is 1620 g/mol. The molecule has 0 aliphatic heterocycles. The third kappa shape index (κ3) is 24.2. The first-order chi connectivity index (χ1) is 47.6. The summed E-state index contributed by atoms with van der Waals surface area (Å²) in [7, 11) is -6.33. The number of alkyl halides is 21. The molecule has 5 atom stereocenters. The van der Waals surface area contributed by atoms with Gasteiger partial charge in [0.25, 0.3) is 0 Å². The molecule has 9 nitrogen and oxygen atoms in total. The summed E-state index contributed by atoms with van der Waals surface area (Å²) in [6.07, 6.45) is -41.8. The lowest BCUT2D eigenvalue weighted by Gasteiger charge is -2.37. The molecule has 0 saturated carbocycles. The molecule has 0 amide bonds. The largest absolute Gasteiger partial charge is 0.461 e. The van der Waals surface area contributed by atoms with Gasteiger partial charge in [0.15, 0.2) is 0 Å². The topological polar surface area (TPSA) is 115 Å². The number of nitrogens with one attached hydrogen (secondary N) is 2. The van der Waals surface area contributed by atoms with Crippen molar-refractivity contribution in [2.75, 3.05) is 0 Å². The van der Waals surface area contributed by atoms with Crippen LogP contribution in [0.4, 0.5) is 119 Å². The molecule has 6 aromatic carbocycles. The third-order valence-electron chi connectivity index (χ3n) is 13.7. The standard InChI is InChI=1S/2C23H22F9NO2S.C20H16F9NO2S.CH4/c2*1-5-8-21(33-36(34)20(2,3)4,13-6-7-18(25)17(11-13)22(28,29)30)14-9-15(24)12-16(10-14)35-23(31,32)19(26)27;1-18(2,3)33(31)30-16(10-4-5-15(22)14(8-10)19(25,26)27)11-6-12(21)9-13(7-11)32-20(28,29)17(23)24;/h2*5-7,9-12,19,33H,1,8H2,2-4H3;4-9,17H,1-3H3;1H4/t21-,36+;21-,36-;33-;/m011./s1. The molecule has 590 valence electrons. The van der Waals surface area contributed by atoms with E-state index < -0.39 is 224 Å². The molecule has 0 heterocycles. The fraction of sp³-hybridized carbons (Fsp3) is 0.388. The summed E-state index contributed by atoms with van der Waals surface area (Å²) in [5.41, 5.74) is -12.5. The number of hydrogen-bond donors (Lipinski definition) is 2. The zero-order valence-electron chi connectivity index (χ0n) is 55.4. The molecule has 0 saturated heterocycles. The first-order valence-electron chi connectivity index (χ1n) is 29.3. The average molecular weight is 1620 g/mol. The first-order valence-corrected chi connectivity index (χ1v) is 32.7. The van der Waals surface area contributed by atoms with Gasteiger partial charge in [0.2, 0.25) is 0 Å². The van der Waals surface area contributed by atoms with Gasteiger partial charge in [-0.3, -0.25) is 0 Å². The van der Waals surface area contributed by atoms with Crippen LogP contribution in [0.2, 0.25) is 0 Å². The van der Waals surface area contributed by atoms with Crippen LogP contribution in [0.5, 0.6) is 17.2 Å². The molecule has 0 aliphatic carbocycles. The maximum atomic E-state index is 14.5. The summed E-state index contributed by atoms with van der Waals surface area (Å²) in [6.45, 7) is 20.4. The number of benzene rings is 6. The Morgan fingerprint density at radius 2 is 0.708 bits per heavy atom. The number of nitrogens with zero attached hydrogens (tertiary/aromatic N) is 1. The summed E-state index contributed by atoms with van der Waals surface area (Å²) in [4.78, 5) is 0. The van der Waals surface area contributed by atoms with E-state index in [0.29, 0.717) is 91.0 Å². The Bertz CT molecular complexity index is 3990. The van der Waals surface area contributed by atoms with E-state index in [1.807, 2.05) is 0 Å². The van der Waals surface area contributed by atoms with Crippen molar-refractivity contribution in [2.45, 2.75) is 164 Å². The lowest BCUT2D eigenvalue weighted by atomic mass is 9.80. The molecule has 0 aromatic heterocycles. The molecule has 0 aliphatic rings. The second-order valence-corrected chi connectivity index (χ2v) is 30.9. The van der Waals surface area contributed by atoms with Crippen molar-refractivity contribution in [3.8, 4) is 17.2 Å². The third-order valence-corrected chi connectivity index (χ3v) is 18.4. The minimum Gasteiger partial charge on any atom is -0.428 e. The van der Waals surface area contributed by atoms with Gasteiger partial charge < -0.3 is 14.2 Å². The van der Waals surface area contributed by atoms with Crippen molar-refractivity contribution < 1.29 is 145 Å². The molecule has 0 spiro atoms. The van der Waals surface area contributed by atoms with Crippen LogP contribution in [0.1, 0.15) is 133 Å². The Hall–Kier alpha value is -7.65. The molecule has 39 heteroatoms. The van der Waals surface area contributed by atoms with E-state index in [2.05, 4.69) is 41.2 Å². The predicted octanol–water partition coefficient (Wildman–Crippen LogP) is 21.3. The molecule has 2 N–H and O–H groups in total.